The Balaban J connectivity index is 2.08. The summed E-state index contributed by atoms with van der Waals surface area (Å²) in [5, 5.41) is 0. The van der Waals surface area contributed by atoms with Crippen molar-refractivity contribution in [2.24, 2.45) is 0 Å². The third kappa shape index (κ3) is 5.31. The van der Waals surface area contributed by atoms with Crippen LogP contribution < -0.4 is 23.7 Å². The van der Waals surface area contributed by atoms with Crippen LogP contribution in [0.5, 0.6) is 28.7 Å². The zero-order valence-corrected chi connectivity index (χ0v) is 17.1. The van der Waals surface area contributed by atoms with Crippen molar-refractivity contribution in [1.29, 1.82) is 0 Å². The van der Waals surface area contributed by atoms with E-state index < -0.39 is 18.4 Å². The number of Topliss-reactive ketones (excluding diaryl/α,β-unsaturated/α-hetero) is 1. The van der Waals surface area contributed by atoms with Crippen LogP contribution >= 0.6 is 0 Å². The molecule has 156 valence electrons. The van der Waals surface area contributed by atoms with Gasteiger partial charge in [-0.3, -0.25) is 9.59 Å². The van der Waals surface area contributed by atoms with E-state index in [1.807, 2.05) is 0 Å². The molecule has 0 saturated heterocycles. The first-order valence-corrected chi connectivity index (χ1v) is 8.67. The number of methoxy groups -OCH3 is 5. The summed E-state index contributed by atoms with van der Waals surface area (Å²) in [7, 11) is 7.41. The number of carbonyl (C=O) groups excluding carboxylic acids is 2. The summed E-state index contributed by atoms with van der Waals surface area (Å²) >= 11 is 0. The van der Waals surface area contributed by atoms with E-state index in [-0.39, 0.29) is 12.0 Å². The Morgan fingerprint density at radius 3 is 1.90 bits per heavy atom. The number of benzene rings is 2. The van der Waals surface area contributed by atoms with Gasteiger partial charge in [-0.25, -0.2) is 0 Å². The van der Waals surface area contributed by atoms with Gasteiger partial charge in [0.1, 0.15) is 11.5 Å². The molecule has 2 aromatic rings. The topological polar surface area (TPSA) is 89.5 Å². The molecule has 0 aliphatic heterocycles. The molecular formula is C21H24O8. The average molecular weight is 404 g/mol. The van der Waals surface area contributed by atoms with Crippen molar-refractivity contribution >= 4 is 11.8 Å². The highest BCUT2D eigenvalue weighted by molar-refractivity contribution is 6.00. The van der Waals surface area contributed by atoms with E-state index in [0.717, 1.165) is 0 Å². The van der Waals surface area contributed by atoms with Gasteiger partial charge in [0.2, 0.25) is 11.5 Å². The first-order valence-electron chi connectivity index (χ1n) is 8.67. The van der Waals surface area contributed by atoms with Crippen molar-refractivity contribution in [3.05, 3.63) is 41.5 Å². The minimum atomic E-state index is -0.575. The fourth-order valence-corrected chi connectivity index (χ4v) is 2.71. The molecule has 0 N–H and O–H groups in total. The minimum absolute atomic E-state index is 0.0702. The van der Waals surface area contributed by atoms with Crippen LogP contribution in [0.15, 0.2) is 30.3 Å². The van der Waals surface area contributed by atoms with Gasteiger partial charge in [-0.05, 0) is 35.9 Å². The van der Waals surface area contributed by atoms with Gasteiger partial charge in [0.15, 0.2) is 18.1 Å². The molecule has 2 rings (SSSR count). The van der Waals surface area contributed by atoms with Gasteiger partial charge < -0.3 is 28.4 Å². The lowest BCUT2D eigenvalue weighted by Gasteiger charge is -2.14. The molecule has 0 aromatic heterocycles. The maximum atomic E-state index is 12.5. The SMILES string of the molecule is COc1ccc(OC)c(C(=O)COC(=O)Cc2cc(OC)c(OC)c(OC)c2)c1. The summed E-state index contributed by atoms with van der Waals surface area (Å²) in [4.78, 5) is 24.7. The summed E-state index contributed by atoms with van der Waals surface area (Å²) in [6.07, 6.45) is -0.0702. The van der Waals surface area contributed by atoms with E-state index in [1.165, 1.54) is 41.6 Å². The molecule has 0 heterocycles. The number of hydrogen-bond acceptors (Lipinski definition) is 8. The van der Waals surface area contributed by atoms with E-state index in [0.29, 0.717) is 34.3 Å². The van der Waals surface area contributed by atoms with Crippen LogP contribution in [0.2, 0.25) is 0 Å². The van der Waals surface area contributed by atoms with Crippen LogP contribution in [0.3, 0.4) is 0 Å². The molecular weight excluding hydrogens is 380 g/mol. The van der Waals surface area contributed by atoms with E-state index in [1.54, 1.807) is 24.3 Å². The van der Waals surface area contributed by atoms with Crippen LogP contribution in [0.1, 0.15) is 15.9 Å². The molecule has 0 fully saturated rings. The third-order valence-corrected chi connectivity index (χ3v) is 4.14. The largest absolute Gasteiger partial charge is 0.497 e. The Kier molecular flexibility index (Phi) is 7.70. The summed E-state index contributed by atoms with van der Waals surface area (Å²) in [6, 6.07) is 8.12. The highest BCUT2D eigenvalue weighted by Crippen LogP contribution is 2.38. The molecule has 8 nitrogen and oxygen atoms in total. The van der Waals surface area contributed by atoms with Crippen molar-refractivity contribution < 1.29 is 38.0 Å². The predicted octanol–water partition coefficient (Wildman–Crippen LogP) is 2.70. The number of ketones is 1. The van der Waals surface area contributed by atoms with E-state index >= 15 is 0 Å². The van der Waals surface area contributed by atoms with Crippen molar-refractivity contribution in [2.45, 2.75) is 6.42 Å². The van der Waals surface area contributed by atoms with Gasteiger partial charge in [-0.2, -0.15) is 0 Å². The molecule has 0 radical (unpaired) electrons. The first kappa shape index (κ1) is 21.9. The molecule has 2 aromatic carbocycles. The standard InChI is InChI=1S/C21H24O8/c1-24-14-6-7-17(25-2)15(11-14)16(22)12-29-20(23)10-13-8-18(26-3)21(28-5)19(9-13)27-4/h6-9,11H,10,12H2,1-5H3. The monoisotopic (exact) mass is 404 g/mol. The Morgan fingerprint density at radius 1 is 0.759 bits per heavy atom. The fraction of sp³-hybridized carbons (Fsp3) is 0.333. The zero-order valence-electron chi connectivity index (χ0n) is 17.1. The second-order valence-electron chi connectivity index (χ2n) is 5.86. The summed E-state index contributed by atoms with van der Waals surface area (Å²) < 4.78 is 31.2. The number of rotatable bonds is 10. The van der Waals surface area contributed by atoms with Crippen LogP contribution in [-0.2, 0) is 16.0 Å². The maximum absolute atomic E-state index is 12.5. The van der Waals surface area contributed by atoms with Crippen molar-refractivity contribution in [2.75, 3.05) is 42.2 Å². The molecule has 0 atom stereocenters. The molecule has 0 aliphatic rings. The molecule has 8 heteroatoms. The second kappa shape index (κ2) is 10.2. The molecule has 29 heavy (non-hydrogen) atoms. The molecule has 0 aliphatic carbocycles. The third-order valence-electron chi connectivity index (χ3n) is 4.14. The first-order chi connectivity index (χ1) is 14.0. The van der Waals surface area contributed by atoms with Gasteiger partial charge >= 0.3 is 5.97 Å². The van der Waals surface area contributed by atoms with Crippen LogP contribution in [0.25, 0.3) is 0 Å². The molecule has 0 bridgehead atoms. The van der Waals surface area contributed by atoms with Crippen molar-refractivity contribution in [1.82, 2.24) is 0 Å². The fourth-order valence-electron chi connectivity index (χ4n) is 2.71. The van der Waals surface area contributed by atoms with Gasteiger partial charge in [-0.1, -0.05) is 0 Å². The second-order valence-corrected chi connectivity index (χ2v) is 5.86. The minimum Gasteiger partial charge on any atom is -0.497 e. The number of esters is 1. The zero-order chi connectivity index (χ0) is 21.4. The normalized spacial score (nSPS) is 10.1. The number of hydrogen-bond donors (Lipinski definition) is 0. The highest BCUT2D eigenvalue weighted by atomic mass is 16.5. The van der Waals surface area contributed by atoms with Crippen LogP contribution in [0, 0.1) is 0 Å². The van der Waals surface area contributed by atoms with E-state index in [9.17, 15) is 9.59 Å². The smallest absolute Gasteiger partial charge is 0.310 e. The number of ether oxygens (including phenoxy) is 6. The highest BCUT2D eigenvalue weighted by Gasteiger charge is 2.18. The van der Waals surface area contributed by atoms with Crippen molar-refractivity contribution in [3.8, 4) is 28.7 Å². The van der Waals surface area contributed by atoms with Gasteiger partial charge in [-0.15, -0.1) is 0 Å². The Hall–Kier alpha value is -3.42. The van der Waals surface area contributed by atoms with Gasteiger partial charge in [0.05, 0.1) is 47.5 Å². The lowest BCUT2D eigenvalue weighted by molar-refractivity contribution is -0.141. The lowest BCUT2D eigenvalue weighted by atomic mass is 10.1. The van der Waals surface area contributed by atoms with Gasteiger partial charge in [0.25, 0.3) is 0 Å². The summed E-state index contributed by atoms with van der Waals surface area (Å²) in [5.74, 6) is 1.16. The van der Waals surface area contributed by atoms with Crippen molar-refractivity contribution in [3.63, 3.8) is 0 Å². The maximum Gasteiger partial charge on any atom is 0.310 e. The Morgan fingerprint density at radius 2 is 1.38 bits per heavy atom. The Bertz CT molecular complexity index is 850. The van der Waals surface area contributed by atoms with Gasteiger partial charge in [0, 0.05) is 0 Å². The van der Waals surface area contributed by atoms with Crippen LogP contribution in [0.4, 0.5) is 0 Å². The van der Waals surface area contributed by atoms with E-state index in [4.69, 9.17) is 28.4 Å². The quantitative estimate of drug-likeness (QED) is 0.441. The Labute approximate surface area is 169 Å². The summed E-state index contributed by atoms with van der Waals surface area (Å²) in [5.41, 5.74) is 0.864. The molecule has 0 spiro atoms. The number of carbonyl (C=O) groups is 2. The molecule has 0 amide bonds. The average Bonchev–Trinajstić information content (AvgIpc) is 2.75. The predicted molar refractivity (Wildman–Crippen MR) is 105 cm³/mol. The summed E-state index contributed by atoms with van der Waals surface area (Å²) in [6.45, 7) is -0.424. The molecule has 0 unspecified atom stereocenters. The van der Waals surface area contributed by atoms with E-state index in [2.05, 4.69) is 0 Å². The lowest BCUT2D eigenvalue weighted by Crippen LogP contribution is -2.16. The molecule has 0 saturated carbocycles. The van der Waals surface area contributed by atoms with Crippen LogP contribution in [-0.4, -0.2) is 53.9 Å².